The Bertz CT molecular complexity index is 750. The van der Waals surface area contributed by atoms with Crippen LogP contribution in [0.25, 0.3) is 0 Å². The maximum absolute atomic E-state index is 11.7. The fraction of sp³-hybridized carbons (Fsp3) is 0.412. The number of methoxy groups -OCH3 is 1. The van der Waals surface area contributed by atoms with E-state index in [2.05, 4.69) is 25.8 Å². The van der Waals surface area contributed by atoms with Gasteiger partial charge in [0.15, 0.2) is 5.82 Å². The van der Waals surface area contributed by atoms with Gasteiger partial charge in [-0.15, -0.1) is 5.10 Å². The van der Waals surface area contributed by atoms with Crippen molar-refractivity contribution < 1.29 is 9.53 Å². The molecule has 1 heterocycles. The van der Waals surface area contributed by atoms with Gasteiger partial charge < -0.3 is 15.4 Å². The predicted molar refractivity (Wildman–Crippen MR) is 96.4 cm³/mol. The molecule has 0 saturated heterocycles. The third-order valence-electron chi connectivity index (χ3n) is 4.15. The molecule has 0 aliphatic heterocycles. The summed E-state index contributed by atoms with van der Waals surface area (Å²) in [4.78, 5) is 16.1. The zero-order chi connectivity index (χ0) is 17.6. The number of nitrogens with zero attached hydrogens (tertiary/aromatic N) is 3. The van der Waals surface area contributed by atoms with Crippen LogP contribution >= 0.6 is 11.6 Å². The highest BCUT2D eigenvalue weighted by Gasteiger charge is 2.15. The number of hydrogen-bond donors (Lipinski definition) is 2. The fourth-order valence-electron chi connectivity index (χ4n) is 2.86. The Labute approximate surface area is 151 Å². The molecular weight excluding hydrogens is 342 g/mol. The van der Waals surface area contributed by atoms with E-state index >= 15 is 0 Å². The first-order valence-corrected chi connectivity index (χ1v) is 8.64. The Morgan fingerprint density at radius 3 is 2.84 bits per heavy atom. The van der Waals surface area contributed by atoms with E-state index in [-0.39, 0.29) is 0 Å². The standard InChI is InChI=1S/C17H20ClN5O2/c1-25-16(24)11-7-8-13(18)14(9-11)21-15-10-19-23-17(22-15)20-12-5-3-2-4-6-12/h7-10,12H,2-6H2,1H3,(H2,20,21,22,23). The summed E-state index contributed by atoms with van der Waals surface area (Å²) in [7, 11) is 1.33. The molecule has 0 amide bonds. The first kappa shape index (κ1) is 17.4. The Kier molecular flexibility index (Phi) is 5.65. The van der Waals surface area contributed by atoms with E-state index in [1.165, 1.54) is 32.6 Å². The summed E-state index contributed by atoms with van der Waals surface area (Å²) in [6.07, 6.45) is 7.47. The van der Waals surface area contributed by atoms with E-state index in [1.54, 1.807) is 18.2 Å². The molecule has 1 aliphatic carbocycles. The van der Waals surface area contributed by atoms with Crippen LogP contribution in [0.3, 0.4) is 0 Å². The maximum Gasteiger partial charge on any atom is 0.337 e. The van der Waals surface area contributed by atoms with Crippen molar-refractivity contribution >= 4 is 35.0 Å². The lowest BCUT2D eigenvalue weighted by Gasteiger charge is -2.22. The molecule has 0 unspecified atom stereocenters. The van der Waals surface area contributed by atoms with Gasteiger partial charge >= 0.3 is 5.97 Å². The molecule has 1 aromatic heterocycles. The first-order valence-electron chi connectivity index (χ1n) is 8.27. The van der Waals surface area contributed by atoms with Gasteiger partial charge in [0.1, 0.15) is 0 Å². The largest absolute Gasteiger partial charge is 0.465 e. The highest BCUT2D eigenvalue weighted by Crippen LogP contribution is 2.26. The molecule has 0 spiro atoms. The van der Waals surface area contributed by atoms with Gasteiger partial charge in [0.05, 0.1) is 29.6 Å². The van der Waals surface area contributed by atoms with Gasteiger partial charge in [0.2, 0.25) is 5.95 Å². The van der Waals surface area contributed by atoms with E-state index in [9.17, 15) is 4.79 Å². The van der Waals surface area contributed by atoms with Crippen molar-refractivity contribution in [3.8, 4) is 0 Å². The number of benzene rings is 1. The molecule has 25 heavy (non-hydrogen) atoms. The Morgan fingerprint density at radius 1 is 1.28 bits per heavy atom. The summed E-state index contributed by atoms with van der Waals surface area (Å²) < 4.78 is 4.73. The molecular formula is C17H20ClN5O2. The molecule has 1 aromatic carbocycles. The van der Waals surface area contributed by atoms with Gasteiger partial charge in [-0.2, -0.15) is 10.1 Å². The summed E-state index contributed by atoms with van der Waals surface area (Å²) in [5.74, 6) is 0.551. The van der Waals surface area contributed by atoms with Gasteiger partial charge in [0, 0.05) is 6.04 Å². The van der Waals surface area contributed by atoms with Gasteiger partial charge in [0.25, 0.3) is 0 Å². The zero-order valence-corrected chi connectivity index (χ0v) is 14.7. The van der Waals surface area contributed by atoms with Gasteiger partial charge in [-0.1, -0.05) is 30.9 Å². The Hall–Kier alpha value is -2.41. The van der Waals surface area contributed by atoms with Gasteiger partial charge in [-0.25, -0.2) is 4.79 Å². The molecule has 2 N–H and O–H groups in total. The van der Waals surface area contributed by atoms with E-state index in [0.717, 1.165) is 12.8 Å². The molecule has 132 valence electrons. The van der Waals surface area contributed by atoms with Crippen molar-refractivity contribution in [1.82, 2.24) is 15.2 Å². The Balaban J connectivity index is 1.74. The highest BCUT2D eigenvalue weighted by atomic mass is 35.5. The van der Waals surface area contributed by atoms with Crippen LogP contribution in [0.4, 0.5) is 17.5 Å². The minimum atomic E-state index is -0.430. The average molecular weight is 362 g/mol. The second kappa shape index (κ2) is 8.11. The second-order valence-electron chi connectivity index (χ2n) is 5.96. The highest BCUT2D eigenvalue weighted by molar-refractivity contribution is 6.33. The van der Waals surface area contributed by atoms with Crippen LogP contribution in [0.1, 0.15) is 42.5 Å². The molecule has 3 rings (SSSR count). The summed E-state index contributed by atoms with van der Waals surface area (Å²) >= 11 is 6.20. The molecule has 8 heteroatoms. The van der Waals surface area contributed by atoms with Crippen molar-refractivity contribution in [3.05, 3.63) is 35.0 Å². The number of hydrogen-bond acceptors (Lipinski definition) is 7. The van der Waals surface area contributed by atoms with Crippen molar-refractivity contribution in [2.75, 3.05) is 17.7 Å². The first-order chi connectivity index (χ1) is 12.2. The van der Waals surface area contributed by atoms with Gasteiger partial charge in [-0.3, -0.25) is 0 Å². The smallest absolute Gasteiger partial charge is 0.337 e. The zero-order valence-electron chi connectivity index (χ0n) is 14.0. The van der Waals surface area contributed by atoms with Crippen LogP contribution in [-0.4, -0.2) is 34.3 Å². The molecule has 1 saturated carbocycles. The number of rotatable bonds is 5. The molecule has 0 radical (unpaired) electrons. The molecule has 1 aliphatic rings. The minimum absolute atomic E-state index is 0.386. The summed E-state index contributed by atoms with van der Waals surface area (Å²) in [5, 5.41) is 14.9. The number of esters is 1. The Morgan fingerprint density at radius 2 is 2.08 bits per heavy atom. The number of carbonyl (C=O) groups excluding carboxylic acids is 1. The molecule has 2 aromatic rings. The van der Waals surface area contributed by atoms with Crippen molar-refractivity contribution in [1.29, 1.82) is 0 Å². The number of halogens is 1. The van der Waals surface area contributed by atoms with Gasteiger partial charge in [-0.05, 0) is 31.0 Å². The van der Waals surface area contributed by atoms with Crippen LogP contribution in [-0.2, 0) is 4.74 Å². The maximum atomic E-state index is 11.7. The van der Waals surface area contributed by atoms with Crippen LogP contribution < -0.4 is 10.6 Å². The van der Waals surface area contributed by atoms with E-state index in [0.29, 0.717) is 34.1 Å². The quantitative estimate of drug-likeness (QED) is 0.783. The number of anilines is 3. The van der Waals surface area contributed by atoms with Crippen LogP contribution in [0.5, 0.6) is 0 Å². The van der Waals surface area contributed by atoms with Crippen LogP contribution in [0.15, 0.2) is 24.4 Å². The average Bonchev–Trinajstić information content (AvgIpc) is 2.64. The molecule has 0 bridgehead atoms. The number of ether oxygens (including phenoxy) is 1. The van der Waals surface area contributed by atoms with E-state index < -0.39 is 5.97 Å². The predicted octanol–water partition coefficient (Wildman–Crippen LogP) is 3.80. The minimum Gasteiger partial charge on any atom is -0.465 e. The molecule has 0 atom stereocenters. The lowest BCUT2D eigenvalue weighted by Crippen LogP contribution is -2.23. The van der Waals surface area contributed by atoms with Crippen molar-refractivity contribution in [2.24, 2.45) is 0 Å². The van der Waals surface area contributed by atoms with E-state index in [1.807, 2.05) is 0 Å². The van der Waals surface area contributed by atoms with Crippen LogP contribution in [0.2, 0.25) is 5.02 Å². The number of aromatic nitrogens is 3. The normalized spacial score (nSPS) is 14.8. The van der Waals surface area contributed by atoms with Crippen molar-refractivity contribution in [2.45, 2.75) is 38.1 Å². The number of nitrogens with one attached hydrogen (secondary N) is 2. The number of carbonyl (C=O) groups is 1. The summed E-state index contributed by atoms with van der Waals surface area (Å²) in [5.41, 5.74) is 0.950. The lowest BCUT2D eigenvalue weighted by atomic mass is 9.96. The molecule has 7 nitrogen and oxygen atoms in total. The van der Waals surface area contributed by atoms with Crippen molar-refractivity contribution in [3.63, 3.8) is 0 Å². The topological polar surface area (TPSA) is 89.0 Å². The third-order valence-corrected chi connectivity index (χ3v) is 4.48. The summed E-state index contributed by atoms with van der Waals surface area (Å²) in [6, 6.07) is 5.24. The van der Waals surface area contributed by atoms with E-state index in [4.69, 9.17) is 16.3 Å². The third kappa shape index (κ3) is 4.57. The summed E-state index contributed by atoms with van der Waals surface area (Å²) in [6.45, 7) is 0. The van der Waals surface area contributed by atoms with Crippen LogP contribution in [0, 0.1) is 0 Å². The monoisotopic (exact) mass is 361 g/mol. The lowest BCUT2D eigenvalue weighted by molar-refractivity contribution is 0.0601. The fourth-order valence-corrected chi connectivity index (χ4v) is 3.02. The molecule has 1 fully saturated rings. The SMILES string of the molecule is COC(=O)c1ccc(Cl)c(Nc2cnnc(NC3CCCCC3)n2)c1. The second-order valence-corrected chi connectivity index (χ2v) is 6.36.